The number of halogens is 1. The minimum atomic E-state index is 0.0610. The highest BCUT2D eigenvalue weighted by Gasteiger charge is 2.09. The molecule has 0 heterocycles. The lowest BCUT2D eigenvalue weighted by atomic mass is 10.2. The minimum absolute atomic E-state index is 0.0610. The zero-order chi connectivity index (χ0) is 12.1. The van der Waals surface area contributed by atoms with Crippen molar-refractivity contribution >= 4 is 21.9 Å². The molecule has 0 bridgehead atoms. The van der Waals surface area contributed by atoms with Gasteiger partial charge in [0.2, 0.25) is 0 Å². The largest absolute Gasteiger partial charge is 0.493 e. The fourth-order valence-corrected chi connectivity index (χ4v) is 1.90. The van der Waals surface area contributed by atoms with Gasteiger partial charge in [-0.3, -0.25) is 0 Å². The van der Waals surface area contributed by atoms with Crippen LogP contribution in [-0.4, -0.2) is 20.2 Å². The second kappa shape index (κ2) is 5.60. The molecule has 1 aromatic carbocycles. The van der Waals surface area contributed by atoms with Crippen molar-refractivity contribution in [1.82, 2.24) is 0 Å². The number of methoxy groups -OCH3 is 2. The first-order chi connectivity index (χ1) is 7.58. The number of benzene rings is 1. The van der Waals surface area contributed by atoms with Crippen molar-refractivity contribution in [2.45, 2.75) is 6.54 Å². The number of ether oxygens (including phenoxy) is 2. The van der Waals surface area contributed by atoms with Crippen LogP contribution in [0.25, 0.3) is 0 Å². The topological polar surface area (TPSA) is 82.9 Å². The van der Waals surface area contributed by atoms with Crippen LogP contribution >= 0.6 is 15.9 Å². The standard InChI is InChI=1S/C10H14BrN3O2/c1-15-8-4-6(5-14-10(12)13)3-7(11)9(8)16-2/h3-4H,5H2,1-2H3,(H4,12,13,14). The normalized spacial score (nSPS) is 9.69. The summed E-state index contributed by atoms with van der Waals surface area (Å²) in [6.07, 6.45) is 0. The summed E-state index contributed by atoms with van der Waals surface area (Å²) < 4.78 is 11.2. The monoisotopic (exact) mass is 287 g/mol. The molecule has 0 fully saturated rings. The molecule has 5 nitrogen and oxygen atoms in total. The van der Waals surface area contributed by atoms with E-state index in [-0.39, 0.29) is 5.96 Å². The summed E-state index contributed by atoms with van der Waals surface area (Å²) in [5.41, 5.74) is 11.5. The van der Waals surface area contributed by atoms with Gasteiger partial charge in [-0.15, -0.1) is 0 Å². The summed E-state index contributed by atoms with van der Waals surface area (Å²) in [6, 6.07) is 3.71. The molecule has 0 saturated carbocycles. The van der Waals surface area contributed by atoms with Gasteiger partial charge in [0.25, 0.3) is 0 Å². The van der Waals surface area contributed by atoms with Crippen LogP contribution in [-0.2, 0) is 6.54 Å². The molecular weight excluding hydrogens is 274 g/mol. The van der Waals surface area contributed by atoms with E-state index in [1.165, 1.54) is 0 Å². The molecule has 6 heteroatoms. The van der Waals surface area contributed by atoms with Gasteiger partial charge in [-0.1, -0.05) is 0 Å². The van der Waals surface area contributed by atoms with Gasteiger partial charge in [0.05, 0.1) is 25.2 Å². The van der Waals surface area contributed by atoms with Crippen molar-refractivity contribution in [3.05, 3.63) is 22.2 Å². The van der Waals surface area contributed by atoms with Crippen molar-refractivity contribution in [3.8, 4) is 11.5 Å². The van der Waals surface area contributed by atoms with Gasteiger partial charge in [-0.2, -0.15) is 0 Å². The Balaban J connectivity index is 3.05. The van der Waals surface area contributed by atoms with Gasteiger partial charge in [-0.25, -0.2) is 4.99 Å². The Kier molecular flexibility index (Phi) is 4.42. The number of hydrogen-bond acceptors (Lipinski definition) is 3. The fraction of sp³-hybridized carbons (Fsp3) is 0.300. The first-order valence-electron chi connectivity index (χ1n) is 4.54. The highest BCUT2D eigenvalue weighted by Crippen LogP contribution is 2.36. The quantitative estimate of drug-likeness (QED) is 0.645. The Morgan fingerprint density at radius 2 is 2.00 bits per heavy atom. The highest BCUT2D eigenvalue weighted by molar-refractivity contribution is 9.10. The van der Waals surface area contributed by atoms with Gasteiger partial charge in [0, 0.05) is 0 Å². The molecule has 0 aliphatic rings. The van der Waals surface area contributed by atoms with Crippen molar-refractivity contribution in [2.75, 3.05) is 14.2 Å². The molecule has 16 heavy (non-hydrogen) atoms. The predicted molar refractivity (Wildman–Crippen MR) is 66.8 cm³/mol. The number of guanidine groups is 1. The molecule has 1 rings (SSSR count). The second-order valence-electron chi connectivity index (χ2n) is 3.05. The lowest BCUT2D eigenvalue weighted by Gasteiger charge is -2.11. The molecule has 0 aliphatic heterocycles. The average molecular weight is 288 g/mol. The number of hydrogen-bond donors (Lipinski definition) is 2. The first kappa shape index (κ1) is 12.6. The summed E-state index contributed by atoms with van der Waals surface area (Å²) in [5.74, 6) is 1.35. The highest BCUT2D eigenvalue weighted by atomic mass is 79.9. The maximum absolute atomic E-state index is 5.27. The van der Waals surface area contributed by atoms with Crippen LogP contribution < -0.4 is 20.9 Å². The summed E-state index contributed by atoms with van der Waals surface area (Å²) in [6.45, 7) is 0.404. The lowest BCUT2D eigenvalue weighted by molar-refractivity contribution is 0.352. The van der Waals surface area contributed by atoms with Gasteiger partial charge in [-0.05, 0) is 33.6 Å². The van der Waals surface area contributed by atoms with E-state index in [4.69, 9.17) is 20.9 Å². The molecule has 0 radical (unpaired) electrons. The van der Waals surface area contributed by atoms with E-state index in [0.29, 0.717) is 18.0 Å². The van der Waals surface area contributed by atoms with Gasteiger partial charge < -0.3 is 20.9 Å². The zero-order valence-corrected chi connectivity index (χ0v) is 10.7. The summed E-state index contributed by atoms with van der Waals surface area (Å²) in [5, 5.41) is 0. The van der Waals surface area contributed by atoms with Gasteiger partial charge in [0.1, 0.15) is 0 Å². The predicted octanol–water partition coefficient (Wildman–Crippen LogP) is 1.24. The van der Waals surface area contributed by atoms with Crippen LogP contribution in [0.3, 0.4) is 0 Å². The van der Waals surface area contributed by atoms with E-state index in [9.17, 15) is 0 Å². The first-order valence-corrected chi connectivity index (χ1v) is 5.33. The molecular formula is C10H14BrN3O2. The summed E-state index contributed by atoms with van der Waals surface area (Å²) >= 11 is 3.39. The molecule has 0 spiro atoms. The molecule has 88 valence electrons. The van der Waals surface area contributed by atoms with E-state index in [2.05, 4.69) is 20.9 Å². The number of rotatable bonds is 4. The third-order valence-electron chi connectivity index (χ3n) is 1.94. The van der Waals surface area contributed by atoms with E-state index in [0.717, 1.165) is 10.0 Å². The number of aliphatic imine (C=N–C) groups is 1. The van der Waals surface area contributed by atoms with Crippen molar-refractivity contribution in [1.29, 1.82) is 0 Å². The van der Waals surface area contributed by atoms with Crippen molar-refractivity contribution < 1.29 is 9.47 Å². The Hall–Kier alpha value is -1.43. The summed E-state index contributed by atoms with van der Waals surface area (Å²) in [4.78, 5) is 3.92. The Morgan fingerprint density at radius 3 is 2.50 bits per heavy atom. The third-order valence-corrected chi connectivity index (χ3v) is 2.53. The molecule has 1 aromatic rings. The molecule has 0 atom stereocenters. The zero-order valence-electron chi connectivity index (χ0n) is 9.16. The van der Waals surface area contributed by atoms with E-state index >= 15 is 0 Å². The number of nitrogens with two attached hydrogens (primary N) is 2. The molecule has 4 N–H and O–H groups in total. The van der Waals surface area contributed by atoms with Crippen LogP contribution in [0.2, 0.25) is 0 Å². The molecule has 0 unspecified atom stereocenters. The van der Waals surface area contributed by atoms with E-state index in [1.54, 1.807) is 14.2 Å². The van der Waals surface area contributed by atoms with E-state index in [1.807, 2.05) is 12.1 Å². The van der Waals surface area contributed by atoms with Crippen LogP contribution in [0, 0.1) is 0 Å². The third kappa shape index (κ3) is 3.03. The summed E-state index contributed by atoms with van der Waals surface area (Å²) in [7, 11) is 3.16. The van der Waals surface area contributed by atoms with Crippen LogP contribution in [0.1, 0.15) is 5.56 Å². The minimum Gasteiger partial charge on any atom is -0.493 e. The molecule has 0 aliphatic carbocycles. The smallest absolute Gasteiger partial charge is 0.186 e. The molecule has 0 saturated heterocycles. The lowest BCUT2D eigenvalue weighted by Crippen LogP contribution is -2.22. The van der Waals surface area contributed by atoms with Crippen LogP contribution in [0.5, 0.6) is 11.5 Å². The van der Waals surface area contributed by atoms with Crippen molar-refractivity contribution in [3.63, 3.8) is 0 Å². The Bertz CT molecular complexity index is 403. The van der Waals surface area contributed by atoms with Gasteiger partial charge in [0.15, 0.2) is 17.5 Å². The van der Waals surface area contributed by atoms with Crippen LogP contribution in [0.15, 0.2) is 21.6 Å². The van der Waals surface area contributed by atoms with Crippen LogP contribution in [0.4, 0.5) is 0 Å². The molecule has 0 amide bonds. The van der Waals surface area contributed by atoms with E-state index < -0.39 is 0 Å². The Labute approximate surface area is 103 Å². The molecule has 0 aromatic heterocycles. The Morgan fingerprint density at radius 1 is 1.31 bits per heavy atom. The maximum Gasteiger partial charge on any atom is 0.186 e. The van der Waals surface area contributed by atoms with Crippen molar-refractivity contribution in [2.24, 2.45) is 16.5 Å². The van der Waals surface area contributed by atoms with Gasteiger partial charge >= 0.3 is 0 Å². The fourth-order valence-electron chi connectivity index (χ4n) is 1.25. The number of nitrogens with zero attached hydrogens (tertiary/aromatic N) is 1. The second-order valence-corrected chi connectivity index (χ2v) is 3.91. The average Bonchev–Trinajstić information content (AvgIpc) is 2.25. The SMILES string of the molecule is COc1cc(CN=C(N)N)cc(Br)c1OC. The maximum atomic E-state index is 5.27.